The average Bonchev–Trinajstić information content (AvgIpc) is 2.90. The van der Waals surface area contributed by atoms with Gasteiger partial charge in [-0.25, -0.2) is 0 Å². The fourth-order valence-electron chi connectivity index (χ4n) is 2.15. The quantitative estimate of drug-likeness (QED) is 0.691. The third-order valence-electron chi connectivity index (χ3n) is 3.24. The van der Waals surface area contributed by atoms with E-state index in [0.717, 1.165) is 15.9 Å². The highest BCUT2D eigenvalue weighted by Gasteiger charge is 2.13. The largest absolute Gasteiger partial charge is 0.357 e. The van der Waals surface area contributed by atoms with Gasteiger partial charge in [0.15, 0.2) is 5.78 Å². The summed E-state index contributed by atoms with van der Waals surface area (Å²) in [5, 5.41) is 0.461. The fourth-order valence-corrected chi connectivity index (χ4v) is 3.01. The molecule has 0 unspecified atom stereocenters. The van der Waals surface area contributed by atoms with Crippen molar-refractivity contribution in [3.05, 3.63) is 68.3 Å². The third kappa shape index (κ3) is 2.45. The lowest BCUT2D eigenvalue weighted by Gasteiger charge is -2.04. The Balaban J connectivity index is 2.07. The van der Waals surface area contributed by atoms with Crippen LogP contribution in [0.15, 0.2) is 52.3 Å². The molecule has 0 amide bonds. The van der Waals surface area contributed by atoms with Gasteiger partial charge in [-0.2, -0.15) is 0 Å². The first-order chi connectivity index (χ1) is 10.1. The van der Waals surface area contributed by atoms with Crippen molar-refractivity contribution < 1.29 is 4.79 Å². The van der Waals surface area contributed by atoms with Crippen molar-refractivity contribution in [3.8, 4) is 0 Å². The first-order valence-corrected chi connectivity index (χ1v) is 7.16. The first-order valence-electron chi connectivity index (χ1n) is 6.34. The van der Waals surface area contributed by atoms with Crippen LogP contribution in [-0.2, 0) is 13.6 Å². The van der Waals surface area contributed by atoms with E-state index in [9.17, 15) is 14.4 Å². The van der Waals surface area contributed by atoms with Crippen molar-refractivity contribution in [2.75, 3.05) is 0 Å². The van der Waals surface area contributed by atoms with Crippen molar-refractivity contribution in [2.24, 2.45) is 7.05 Å². The van der Waals surface area contributed by atoms with E-state index in [0.29, 0.717) is 15.6 Å². The van der Waals surface area contributed by atoms with Crippen LogP contribution in [0.5, 0.6) is 0 Å². The normalized spacial score (nSPS) is 10.9. The SMILES string of the molecule is Cn1ccc(C(=O)Cn2c(=O)sc3ccccc3c2=O)c1. The van der Waals surface area contributed by atoms with Crippen LogP contribution in [0.4, 0.5) is 0 Å². The maximum Gasteiger partial charge on any atom is 0.310 e. The number of Topliss-reactive ketones (excluding diaryl/α,β-unsaturated/α-hetero) is 1. The molecule has 0 spiro atoms. The lowest BCUT2D eigenvalue weighted by atomic mass is 10.2. The number of hydrogen-bond donors (Lipinski definition) is 0. The molecule has 2 aromatic heterocycles. The zero-order chi connectivity index (χ0) is 15.0. The molecule has 2 heterocycles. The molecular weight excluding hydrogens is 288 g/mol. The standard InChI is InChI=1S/C15H12N2O3S/c1-16-7-6-10(8-16)12(18)9-17-14(19)11-4-2-3-5-13(11)21-15(17)20/h2-8H,9H2,1H3. The van der Waals surface area contributed by atoms with Gasteiger partial charge in [0.05, 0.1) is 11.9 Å². The highest BCUT2D eigenvalue weighted by atomic mass is 32.1. The van der Waals surface area contributed by atoms with Gasteiger partial charge in [0, 0.05) is 29.7 Å². The number of nitrogens with zero attached hydrogens (tertiary/aromatic N) is 2. The summed E-state index contributed by atoms with van der Waals surface area (Å²) in [6.45, 7) is -0.233. The molecule has 0 aliphatic rings. The van der Waals surface area contributed by atoms with Gasteiger partial charge >= 0.3 is 4.87 Å². The Labute approximate surface area is 123 Å². The predicted octanol–water partition coefficient (Wildman–Crippen LogP) is 1.64. The van der Waals surface area contributed by atoms with Crippen molar-refractivity contribution in [1.82, 2.24) is 9.13 Å². The van der Waals surface area contributed by atoms with Crippen molar-refractivity contribution in [3.63, 3.8) is 0 Å². The maximum atomic E-state index is 12.3. The topological polar surface area (TPSA) is 61.1 Å². The van der Waals surface area contributed by atoms with Crippen LogP contribution >= 0.6 is 11.3 Å². The Hall–Kier alpha value is -2.47. The monoisotopic (exact) mass is 300 g/mol. The molecule has 21 heavy (non-hydrogen) atoms. The van der Waals surface area contributed by atoms with Gasteiger partial charge in [-0.05, 0) is 18.2 Å². The molecule has 0 saturated heterocycles. The Morgan fingerprint density at radius 1 is 1.19 bits per heavy atom. The molecule has 106 valence electrons. The van der Waals surface area contributed by atoms with Gasteiger partial charge in [-0.1, -0.05) is 23.5 Å². The number of ketones is 1. The van der Waals surface area contributed by atoms with Crippen molar-refractivity contribution in [1.29, 1.82) is 0 Å². The number of hydrogen-bond acceptors (Lipinski definition) is 4. The molecular formula is C15H12N2O3S. The molecule has 0 atom stereocenters. The minimum absolute atomic E-state index is 0.233. The minimum Gasteiger partial charge on any atom is -0.357 e. The zero-order valence-corrected chi connectivity index (χ0v) is 12.1. The molecule has 0 fully saturated rings. The lowest BCUT2D eigenvalue weighted by molar-refractivity contribution is 0.0970. The molecule has 0 N–H and O–H groups in total. The van der Waals surface area contributed by atoms with Crippen LogP contribution in [0.3, 0.4) is 0 Å². The van der Waals surface area contributed by atoms with E-state index >= 15 is 0 Å². The third-order valence-corrected chi connectivity index (χ3v) is 4.21. The molecule has 5 nitrogen and oxygen atoms in total. The molecule has 3 aromatic rings. The van der Waals surface area contributed by atoms with Gasteiger partial charge < -0.3 is 4.57 Å². The summed E-state index contributed by atoms with van der Waals surface area (Å²) in [7, 11) is 1.81. The average molecular weight is 300 g/mol. The Kier molecular flexibility index (Phi) is 3.31. The van der Waals surface area contributed by atoms with Crippen LogP contribution < -0.4 is 10.4 Å². The van der Waals surface area contributed by atoms with Crippen molar-refractivity contribution >= 4 is 27.2 Å². The van der Waals surface area contributed by atoms with Gasteiger partial charge in [0.1, 0.15) is 0 Å². The molecule has 3 rings (SSSR count). The van der Waals surface area contributed by atoms with Gasteiger partial charge in [-0.15, -0.1) is 0 Å². The number of carbonyl (C=O) groups is 1. The summed E-state index contributed by atoms with van der Waals surface area (Å²) < 4.78 is 3.38. The second-order valence-corrected chi connectivity index (χ2v) is 5.74. The summed E-state index contributed by atoms with van der Waals surface area (Å²) in [5.41, 5.74) is 0.0700. The number of fused-ring (bicyclic) bond motifs is 1. The number of benzene rings is 1. The molecule has 0 radical (unpaired) electrons. The van der Waals surface area contributed by atoms with Crippen molar-refractivity contribution in [2.45, 2.75) is 6.54 Å². The summed E-state index contributed by atoms with van der Waals surface area (Å²) in [5.74, 6) is -0.253. The number of aryl methyl sites for hydroxylation is 1. The van der Waals surface area contributed by atoms with E-state index in [1.807, 2.05) is 0 Å². The van der Waals surface area contributed by atoms with Crippen LogP contribution in [0.2, 0.25) is 0 Å². The number of rotatable bonds is 3. The van der Waals surface area contributed by atoms with E-state index in [1.54, 1.807) is 54.3 Å². The summed E-state index contributed by atoms with van der Waals surface area (Å²) in [6.07, 6.45) is 3.42. The number of aromatic nitrogens is 2. The smallest absolute Gasteiger partial charge is 0.310 e. The zero-order valence-electron chi connectivity index (χ0n) is 11.3. The summed E-state index contributed by atoms with van der Waals surface area (Å²) in [4.78, 5) is 36.1. The highest BCUT2D eigenvalue weighted by Crippen LogP contribution is 2.11. The fraction of sp³-hybridized carbons (Fsp3) is 0.133. The molecule has 0 aliphatic heterocycles. The van der Waals surface area contributed by atoms with E-state index < -0.39 is 10.4 Å². The van der Waals surface area contributed by atoms with Crippen LogP contribution in [-0.4, -0.2) is 14.9 Å². The minimum atomic E-state index is -0.418. The lowest BCUT2D eigenvalue weighted by Crippen LogP contribution is -2.33. The van der Waals surface area contributed by atoms with Crippen LogP contribution in [0, 0.1) is 0 Å². The highest BCUT2D eigenvalue weighted by molar-refractivity contribution is 7.16. The Morgan fingerprint density at radius 2 is 1.95 bits per heavy atom. The molecule has 0 saturated carbocycles. The van der Waals surface area contributed by atoms with Gasteiger partial charge in [-0.3, -0.25) is 19.0 Å². The number of carbonyl (C=O) groups excluding carboxylic acids is 1. The van der Waals surface area contributed by atoms with E-state index in [-0.39, 0.29) is 12.3 Å². The second kappa shape index (κ2) is 5.14. The Morgan fingerprint density at radius 3 is 2.67 bits per heavy atom. The Bertz CT molecular complexity index is 949. The van der Waals surface area contributed by atoms with Gasteiger partial charge in [0.2, 0.25) is 0 Å². The maximum absolute atomic E-state index is 12.3. The molecule has 1 aromatic carbocycles. The summed E-state index contributed by atoms with van der Waals surface area (Å²) in [6, 6.07) is 8.58. The molecule has 6 heteroatoms. The molecule has 0 bridgehead atoms. The van der Waals surface area contributed by atoms with E-state index in [2.05, 4.69) is 0 Å². The first kappa shape index (κ1) is 13.5. The van der Waals surface area contributed by atoms with E-state index in [4.69, 9.17) is 0 Å². The van der Waals surface area contributed by atoms with Crippen LogP contribution in [0.25, 0.3) is 10.1 Å². The van der Waals surface area contributed by atoms with Gasteiger partial charge in [0.25, 0.3) is 5.56 Å². The summed E-state index contributed by atoms with van der Waals surface area (Å²) >= 11 is 0.975. The predicted molar refractivity (Wildman–Crippen MR) is 82.1 cm³/mol. The molecule has 0 aliphatic carbocycles. The second-order valence-electron chi connectivity index (χ2n) is 4.74. The van der Waals surface area contributed by atoms with E-state index in [1.165, 1.54) is 0 Å². The van der Waals surface area contributed by atoms with Crippen LogP contribution in [0.1, 0.15) is 10.4 Å².